The molecule has 32 heavy (non-hydrogen) atoms. The Morgan fingerprint density at radius 3 is 2.72 bits per heavy atom. The van der Waals surface area contributed by atoms with E-state index in [0.717, 1.165) is 30.2 Å². The molecule has 3 heterocycles. The number of carbonyl (C=O) groups is 1. The van der Waals surface area contributed by atoms with E-state index in [4.69, 9.17) is 12.2 Å². The predicted octanol–water partition coefficient (Wildman–Crippen LogP) is 4.45. The molecular weight excluding hydrogens is 447 g/mol. The average molecular weight is 469 g/mol. The van der Waals surface area contributed by atoms with Crippen LogP contribution in [0.1, 0.15) is 30.9 Å². The van der Waals surface area contributed by atoms with Crippen LogP contribution < -0.4 is 10.9 Å². The number of thioether (sulfide) groups is 1. The average Bonchev–Trinajstić information content (AvgIpc) is 3.05. The summed E-state index contributed by atoms with van der Waals surface area (Å²) in [6.07, 6.45) is 5.14. The summed E-state index contributed by atoms with van der Waals surface area (Å²) in [7, 11) is 0. The van der Waals surface area contributed by atoms with Gasteiger partial charge in [-0.15, -0.1) is 0 Å². The minimum absolute atomic E-state index is 0.235. The molecular formula is C23H21FN4O2S2. The minimum atomic E-state index is -0.341. The Balaban J connectivity index is 1.69. The van der Waals surface area contributed by atoms with Crippen LogP contribution in [0.5, 0.6) is 0 Å². The molecule has 1 fully saturated rings. The van der Waals surface area contributed by atoms with Crippen LogP contribution in [0.25, 0.3) is 11.7 Å². The zero-order chi connectivity index (χ0) is 22.7. The minimum Gasteiger partial charge on any atom is -0.369 e. The van der Waals surface area contributed by atoms with Crippen molar-refractivity contribution in [3.63, 3.8) is 0 Å². The van der Waals surface area contributed by atoms with Gasteiger partial charge < -0.3 is 5.32 Å². The molecule has 0 unspecified atom stereocenters. The third kappa shape index (κ3) is 4.58. The molecule has 1 aromatic carbocycles. The van der Waals surface area contributed by atoms with E-state index in [2.05, 4.69) is 17.2 Å². The fourth-order valence-electron chi connectivity index (χ4n) is 3.29. The second-order valence-corrected chi connectivity index (χ2v) is 8.96. The van der Waals surface area contributed by atoms with Crippen LogP contribution in [0.3, 0.4) is 0 Å². The standard InChI is InChI=1S/C23H21FN4O2S2/c1-2-3-11-25-20-17(21(29)27-12-5-4-6-19(27)26-20)13-18-22(30)28(23(31)32-18)14-15-7-9-16(24)10-8-15/h4-10,12-13,25H,2-3,11,14H2,1H3/b18-13-. The van der Waals surface area contributed by atoms with Gasteiger partial charge in [-0.05, 0) is 42.3 Å². The molecule has 0 spiro atoms. The van der Waals surface area contributed by atoms with Gasteiger partial charge in [0.15, 0.2) is 0 Å². The van der Waals surface area contributed by atoms with Gasteiger partial charge >= 0.3 is 0 Å². The molecule has 6 nitrogen and oxygen atoms in total. The van der Waals surface area contributed by atoms with Crippen molar-refractivity contribution in [2.24, 2.45) is 0 Å². The van der Waals surface area contributed by atoms with E-state index in [9.17, 15) is 14.0 Å². The van der Waals surface area contributed by atoms with Gasteiger partial charge in [0.2, 0.25) is 0 Å². The van der Waals surface area contributed by atoms with E-state index in [0.29, 0.717) is 32.8 Å². The molecule has 2 aromatic heterocycles. The third-order valence-corrected chi connectivity index (χ3v) is 6.37. The molecule has 1 aliphatic rings. The van der Waals surface area contributed by atoms with Crippen LogP contribution in [0.4, 0.5) is 10.2 Å². The predicted molar refractivity (Wildman–Crippen MR) is 130 cm³/mol. The van der Waals surface area contributed by atoms with E-state index in [1.165, 1.54) is 21.4 Å². The lowest BCUT2D eigenvalue weighted by Crippen LogP contribution is -2.27. The molecule has 1 N–H and O–H groups in total. The van der Waals surface area contributed by atoms with Crippen molar-refractivity contribution in [1.82, 2.24) is 14.3 Å². The van der Waals surface area contributed by atoms with Crippen molar-refractivity contribution < 1.29 is 9.18 Å². The summed E-state index contributed by atoms with van der Waals surface area (Å²) < 4.78 is 15.0. The molecule has 0 atom stereocenters. The molecule has 0 aliphatic carbocycles. The third-order valence-electron chi connectivity index (χ3n) is 4.99. The number of hydrogen-bond donors (Lipinski definition) is 1. The Morgan fingerprint density at radius 2 is 1.97 bits per heavy atom. The monoisotopic (exact) mass is 468 g/mol. The first-order valence-electron chi connectivity index (χ1n) is 10.2. The van der Waals surface area contributed by atoms with E-state index < -0.39 is 0 Å². The second-order valence-electron chi connectivity index (χ2n) is 7.28. The Bertz CT molecular complexity index is 1270. The maximum atomic E-state index is 13.2. The number of unbranched alkanes of at least 4 members (excludes halogenated alkanes) is 1. The van der Waals surface area contributed by atoms with Gasteiger partial charge in [-0.3, -0.25) is 18.9 Å². The van der Waals surface area contributed by atoms with E-state index in [-0.39, 0.29) is 23.8 Å². The van der Waals surface area contributed by atoms with Crippen molar-refractivity contribution in [2.75, 3.05) is 11.9 Å². The summed E-state index contributed by atoms with van der Waals surface area (Å²) in [5, 5.41) is 3.23. The first-order chi connectivity index (χ1) is 15.5. The lowest BCUT2D eigenvalue weighted by atomic mass is 10.2. The van der Waals surface area contributed by atoms with Crippen molar-refractivity contribution in [1.29, 1.82) is 0 Å². The van der Waals surface area contributed by atoms with Gasteiger partial charge in [0, 0.05) is 12.7 Å². The molecule has 3 aromatic rings. The zero-order valence-electron chi connectivity index (χ0n) is 17.4. The maximum absolute atomic E-state index is 13.2. The topological polar surface area (TPSA) is 66.7 Å². The van der Waals surface area contributed by atoms with Crippen molar-refractivity contribution >= 4 is 51.7 Å². The summed E-state index contributed by atoms with van der Waals surface area (Å²) in [4.78, 5) is 32.7. The molecule has 1 amide bonds. The van der Waals surface area contributed by atoms with Crippen LogP contribution in [0, 0.1) is 5.82 Å². The highest BCUT2D eigenvalue weighted by molar-refractivity contribution is 8.26. The van der Waals surface area contributed by atoms with Crippen LogP contribution in [-0.2, 0) is 11.3 Å². The van der Waals surface area contributed by atoms with Crippen LogP contribution in [-0.4, -0.2) is 31.1 Å². The lowest BCUT2D eigenvalue weighted by molar-refractivity contribution is -0.122. The smallest absolute Gasteiger partial charge is 0.267 e. The Hall–Kier alpha value is -3.04. The first-order valence-corrected chi connectivity index (χ1v) is 11.5. The number of benzene rings is 1. The molecule has 4 rings (SSSR count). The molecule has 9 heteroatoms. The van der Waals surface area contributed by atoms with Gasteiger partial charge in [-0.1, -0.05) is 55.5 Å². The van der Waals surface area contributed by atoms with E-state index in [1.807, 2.05) is 6.07 Å². The highest BCUT2D eigenvalue weighted by Crippen LogP contribution is 2.34. The molecule has 1 saturated heterocycles. The fourth-order valence-corrected chi connectivity index (χ4v) is 4.53. The summed E-state index contributed by atoms with van der Waals surface area (Å²) in [6, 6.07) is 11.3. The maximum Gasteiger partial charge on any atom is 0.267 e. The van der Waals surface area contributed by atoms with Crippen LogP contribution >= 0.6 is 24.0 Å². The molecule has 0 saturated carbocycles. The summed E-state index contributed by atoms with van der Waals surface area (Å²) in [5.41, 5.74) is 1.33. The summed E-state index contributed by atoms with van der Waals surface area (Å²) in [5.74, 6) is -0.189. The second kappa shape index (κ2) is 9.62. The largest absolute Gasteiger partial charge is 0.369 e. The molecule has 0 radical (unpaired) electrons. The number of halogens is 1. The van der Waals surface area contributed by atoms with Gasteiger partial charge in [-0.25, -0.2) is 9.37 Å². The summed E-state index contributed by atoms with van der Waals surface area (Å²) >= 11 is 6.54. The number of carbonyl (C=O) groups excluding carboxylic acids is 1. The van der Waals surface area contributed by atoms with Crippen LogP contribution in [0.15, 0.2) is 58.4 Å². The number of aromatic nitrogens is 2. The Labute approximate surface area is 194 Å². The highest BCUT2D eigenvalue weighted by Gasteiger charge is 2.32. The highest BCUT2D eigenvalue weighted by atomic mass is 32.2. The van der Waals surface area contributed by atoms with Gasteiger partial charge in [0.25, 0.3) is 11.5 Å². The first kappa shape index (κ1) is 22.2. The van der Waals surface area contributed by atoms with Crippen molar-refractivity contribution in [3.8, 4) is 0 Å². The summed E-state index contributed by atoms with van der Waals surface area (Å²) in [6.45, 7) is 2.98. The normalized spacial score (nSPS) is 15.2. The number of rotatable bonds is 7. The molecule has 164 valence electrons. The Kier molecular flexibility index (Phi) is 6.66. The number of anilines is 1. The van der Waals surface area contributed by atoms with E-state index in [1.54, 1.807) is 36.5 Å². The number of amides is 1. The van der Waals surface area contributed by atoms with Gasteiger partial charge in [0.1, 0.15) is 21.6 Å². The lowest BCUT2D eigenvalue weighted by Gasteiger charge is -2.14. The number of hydrogen-bond acceptors (Lipinski definition) is 6. The van der Waals surface area contributed by atoms with Gasteiger partial charge in [0.05, 0.1) is 17.0 Å². The number of thiocarbonyl (C=S) groups is 1. The quantitative estimate of drug-likeness (QED) is 0.314. The number of nitrogens with one attached hydrogen (secondary N) is 1. The number of pyridine rings is 1. The number of nitrogens with zero attached hydrogens (tertiary/aromatic N) is 3. The van der Waals surface area contributed by atoms with E-state index >= 15 is 0 Å². The fraction of sp³-hybridized carbons (Fsp3) is 0.217. The van der Waals surface area contributed by atoms with Crippen LogP contribution in [0.2, 0.25) is 0 Å². The van der Waals surface area contributed by atoms with Crippen molar-refractivity contribution in [3.05, 3.63) is 80.9 Å². The molecule has 0 bridgehead atoms. The zero-order valence-corrected chi connectivity index (χ0v) is 19.0. The van der Waals surface area contributed by atoms with Gasteiger partial charge in [-0.2, -0.15) is 0 Å². The SMILES string of the molecule is CCCCNc1nc2ccccn2c(=O)c1/C=C1\SC(=S)N(Cc2ccc(F)cc2)C1=O. The molecule has 1 aliphatic heterocycles. The Morgan fingerprint density at radius 1 is 1.19 bits per heavy atom. The van der Waals surface area contributed by atoms with Crippen molar-refractivity contribution in [2.45, 2.75) is 26.3 Å². The number of fused-ring (bicyclic) bond motifs is 1.